The van der Waals surface area contributed by atoms with Crippen molar-refractivity contribution in [2.45, 2.75) is 19.3 Å². The van der Waals surface area contributed by atoms with E-state index in [2.05, 4.69) is 0 Å². The zero-order chi connectivity index (χ0) is 17.5. The summed E-state index contributed by atoms with van der Waals surface area (Å²) in [6.07, 6.45) is -1.08. The summed E-state index contributed by atoms with van der Waals surface area (Å²) < 4.78 is 5.18. The first-order valence-corrected chi connectivity index (χ1v) is 7.35. The predicted octanol–water partition coefficient (Wildman–Crippen LogP) is 1.77. The monoisotopic (exact) mass is 330 g/mol. The van der Waals surface area contributed by atoms with Gasteiger partial charge in [-0.1, -0.05) is 30.3 Å². The molecule has 2 atom stereocenters. The summed E-state index contributed by atoms with van der Waals surface area (Å²) in [7, 11) is 0. The number of aliphatic hydroxyl groups is 1. The molecule has 0 saturated carbocycles. The topological polar surface area (TPSA) is 116 Å². The molecule has 0 radical (unpaired) electrons. The Hall–Kier alpha value is -2.77. The fourth-order valence-corrected chi connectivity index (χ4v) is 2.19. The predicted molar refractivity (Wildman–Crippen MR) is 86.7 cm³/mol. The Labute approximate surface area is 138 Å². The van der Waals surface area contributed by atoms with Crippen molar-refractivity contribution in [2.24, 2.45) is 11.7 Å². The maximum atomic E-state index is 12.2. The van der Waals surface area contributed by atoms with Gasteiger partial charge in [0.25, 0.3) is 5.69 Å². The van der Waals surface area contributed by atoms with Crippen LogP contribution in [0.2, 0.25) is 0 Å². The highest BCUT2D eigenvalue weighted by Gasteiger charge is 2.26. The minimum Gasteiger partial charge on any atom is -0.460 e. The van der Waals surface area contributed by atoms with Crippen LogP contribution in [0.15, 0.2) is 54.6 Å². The van der Waals surface area contributed by atoms with Crippen molar-refractivity contribution in [1.82, 2.24) is 0 Å². The van der Waals surface area contributed by atoms with E-state index in [0.29, 0.717) is 5.56 Å². The van der Waals surface area contributed by atoms with Crippen molar-refractivity contribution in [3.63, 3.8) is 0 Å². The van der Waals surface area contributed by atoms with Gasteiger partial charge in [0.05, 0.1) is 10.8 Å². The van der Waals surface area contributed by atoms with Crippen molar-refractivity contribution >= 4 is 11.7 Å². The van der Waals surface area contributed by atoms with E-state index in [-0.39, 0.29) is 18.7 Å². The van der Waals surface area contributed by atoms with Gasteiger partial charge in [-0.05, 0) is 29.7 Å². The third-order valence-corrected chi connectivity index (χ3v) is 3.54. The molecule has 0 spiro atoms. The number of esters is 1. The second-order valence-electron chi connectivity index (χ2n) is 5.32. The van der Waals surface area contributed by atoms with Crippen LogP contribution < -0.4 is 5.73 Å². The van der Waals surface area contributed by atoms with Gasteiger partial charge in [0.1, 0.15) is 12.8 Å². The number of carbonyl (C=O) groups excluding carboxylic acids is 1. The summed E-state index contributed by atoms with van der Waals surface area (Å²) in [5, 5.41) is 20.2. The average molecular weight is 330 g/mol. The molecule has 3 N–H and O–H groups in total. The lowest BCUT2D eigenvalue weighted by atomic mass is 9.98. The van der Waals surface area contributed by atoms with E-state index in [1.807, 2.05) is 30.3 Å². The Morgan fingerprint density at radius 3 is 2.29 bits per heavy atom. The summed E-state index contributed by atoms with van der Waals surface area (Å²) in [4.78, 5) is 22.3. The third-order valence-electron chi connectivity index (χ3n) is 3.54. The van der Waals surface area contributed by atoms with Crippen molar-refractivity contribution < 1.29 is 19.6 Å². The van der Waals surface area contributed by atoms with Crippen molar-refractivity contribution in [1.29, 1.82) is 0 Å². The quantitative estimate of drug-likeness (QED) is 0.346. The normalized spacial score (nSPS) is 13.1. The maximum Gasteiger partial charge on any atom is 0.313 e. The van der Waals surface area contributed by atoms with E-state index >= 15 is 0 Å². The molecule has 0 bridgehead atoms. The van der Waals surface area contributed by atoms with Crippen LogP contribution in [0.1, 0.15) is 11.1 Å². The second-order valence-corrected chi connectivity index (χ2v) is 5.32. The number of non-ortho nitro benzene ring substituents is 1. The smallest absolute Gasteiger partial charge is 0.313 e. The van der Waals surface area contributed by atoms with Crippen molar-refractivity contribution in [3.8, 4) is 0 Å². The largest absolute Gasteiger partial charge is 0.460 e. The summed E-state index contributed by atoms with van der Waals surface area (Å²) >= 11 is 0. The lowest BCUT2D eigenvalue weighted by Gasteiger charge is -2.18. The zero-order valence-electron chi connectivity index (χ0n) is 12.9. The highest BCUT2D eigenvalue weighted by Crippen LogP contribution is 2.16. The number of nitrogens with two attached hydrogens (primary N) is 1. The van der Waals surface area contributed by atoms with Crippen molar-refractivity contribution in [3.05, 3.63) is 75.8 Å². The molecule has 0 aliphatic rings. The number of nitro benzene ring substituents is 1. The molecule has 7 nitrogen and oxygen atoms in total. The number of carbonyl (C=O) groups is 1. The van der Waals surface area contributed by atoms with E-state index in [1.165, 1.54) is 24.3 Å². The first-order valence-electron chi connectivity index (χ1n) is 7.35. The number of hydrogen-bond acceptors (Lipinski definition) is 6. The summed E-state index contributed by atoms with van der Waals surface area (Å²) in [5.41, 5.74) is 6.92. The van der Waals surface area contributed by atoms with Gasteiger partial charge < -0.3 is 15.6 Å². The number of rotatable bonds is 7. The molecule has 24 heavy (non-hydrogen) atoms. The first kappa shape index (κ1) is 17.6. The van der Waals surface area contributed by atoms with Crippen LogP contribution in [0.3, 0.4) is 0 Å². The number of benzene rings is 2. The number of aliphatic hydroxyl groups excluding tert-OH is 1. The Balaban J connectivity index is 1.96. The number of hydrogen-bond donors (Lipinski definition) is 2. The molecule has 2 aromatic carbocycles. The molecule has 2 aromatic rings. The van der Waals surface area contributed by atoms with Gasteiger partial charge in [0.2, 0.25) is 0 Å². The standard InChI is InChI=1S/C17H18N2O5/c18-16(20)15(10-12-4-2-1-3-5-12)17(21)24-11-13-6-8-14(9-7-13)19(22)23/h1-9,15-16,20H,10-11,18H2. The van der Waals surface area contributed by atoms with Crippen LogP contribution >= 0.6 is 0 Å². The minimum atomic E-state index is -1.34. The SMILES string of the molecule is NC(O)C(Cc1ccccc1)C(=O)OCc1ccc([N+](=O)[O-])cc1. The van der Waals surface area contributed by atoms with Gasteiger partial charge in [0, 0.05) is 12.1 Å². The average Bonchev–Trinajstić information content (AvgIpc) is 2.58. The molecule has 7 heteroatoms. The van der Waals surface area contributed by atoms with E-state index in [1.54, 1.807) is 0 Å². The lowest BCUT2D eigenvalue weighted by molar-refractivity contribution is -0.384. The van der Waals surface area contributed by atoms with Crippen LogP contribution in [-0.4, -0.2) is 22.2 Å². The number of nitrogens with zero attached hydrogens (tertiary/aromatic N) is 1. The molecule has 0 aliphatic heterocycles. The van der Waals surface area contributed by atoms with Crippen LogP contribution in [-0.2, 0) is 22.6 Å². The maximum absolute atomic E-state index is 12.2. The number of ether oxygens (including phenoxy) is 1. The highest BCUT2D eigenvalue weighted by atomic mass is 16.6. The van der Waals surface area contributed by atoms with E-state index in [9.17, 15) is 20.0 Å². The fourth-order valence-electron chi connectivity index (χ4n) is 2.19. The molecule has 0 amide bonds. The molecule has 0 heterocycles. The van der Waals surface area contributed by atoms with Crippen LogP contribution in [0.5, 0.6) is 0 Å². The molecule has 0 saturated heterocycles. The van der Waals surface area contributed by atoms with Gasteiger partial charge in [-0.25, -0.2) is 0 Å². The van der Waals surface area contributed by atoms with Crippen LogP contribution in [0.4, 0.5) is 5.69 Å². The fraction of sp³-hybridized carbons (Fsp3) is 0.235. The van der Waals surface area contributed by atoms with Crippen molar-refractivity contribution in [2.75, 3.05) is 0 Å². The molecular weight excluding hydrogens is 312 g/mol. The lowest BCUT2D eigenvalue weighted by Crippen LogP contribution is -2.37. The molecule has 2 unspecified atom stereocenters. The van der Waals surface area contributed by atoms with Gasteiger partial charge in [-0.3, -0.25) is 14.9 Å². The van der Waals surface area contributed by atoms with Crippen LogP contribution in [0.25, 0.3) is 0 Å². The second kappa shape index (κ2) is 8.19. The first-order chi connectivity index (χ1) is 11.5. The highest BCUT2D eigenvalue weighted by molar-refractivity contribution is 5.73. The van der Waals surface area contributed by atoms with Gasteiger partial charge >= 0.3 is 5.97 Å². The summed E-state index contributed by atoms with van der Waals surface area (Å²) in [6, 6.07) is 14.9. The minimum absolute atomic E-state index is 0.0376. The molecule has 126 valence electrons. The number of nitro groups is 1. The van der Waals surface area contributed by atoms with E-state index in [0.717, 1.165) is 5.56 Å². The Morgan fingerprint density at radius 2 is 1.75 bits per heavy atom. The Morgan fingerprint density at radius 1 is 1.12 bits per heavy atom. The molecule has 0 aliphatic carbocycles. The van der Waals surface area contributed by atoms with E-state index in [4.69, 9.17) is 10.5 Å². The summed E-state index contributed by atoms with van der Waals surface area (Å²) in [5.74, 6) is -1.50. The molecule has 0 aromatic heterocycles. The Kier molecular flexibility index (Phi) is 6.00. The van der Waals surface area contributed by atoms with Crippen LogP contribution in [0, 0.1) is 16.0 Å². The molecule has 0 fully saturated rings. The summed E-state index contributed by atoms with van der Waals surface area (Å²) in [6.45, 7) is -0.0468. The molecule has 2 rings (SSSR count). The Bertz CT molecular complexity index is 686. The van der Waals surface area contributed by atoms with Gasteiger partial charge in [0.15, 0.2) is 0 Å². The molecular formula is C17H18N2O5. The van der Waals surface area contributed by atoms with E-state index < -0.39 is 23.0 Å². The third kappa shape index (κ3) is 4.87. The van der Waals surface area contributed by atoms with Gasteiger partial charge in [-0.15, -0.1) is 0 Å². The van der Waals surface area contributed by atoms with Gasteiger partial charge in [-0.2, -0.15) is 0 Å². The zero-order valence-corrected chi connectivity index (χ0v) is 12.9.